The fourth-order valence-corrected chi connectivity index (χ4v) is 2.23. The Kier molecular flexibility index (Phi) is 3.78. The highest BCUT2D eigenvalue weighted by atomic mass is 15.6. The predicted octanol–water partition coefficient (Wildman–Crippen LogP) is 2.29. The second-order valence-corrected chi connectivity index (χ2v) is 5.79. The van der Waals surface area contributed by atoms with E-state index in [1.807, 2.05) is 30.3 Å². The van der Waals surface area contributed by atoms with E-state index in [4.69, 9.17) is 0 Å². The second-order valence-electron chi connectivity index (χ2n) is 5.79. The van der Waals surface area contributed by atoms with Crippen LogP contribution in [0.1, 0.15) is 32.7 Å². The van der Waals surface area contributed by atoms with Crippen molar-refractivity contribution < 1.29 is 0 Å². The first-order chi connectivity index (χ1) is 9.74. The molecule has 1 fully saturated rings. The first-order valence-corrected chi connectivity index (χ1v) is 7.32. The van der Waals surface area contributed by atoms with E-state index in [2.05, 4.69) is 34.6 Å². The second kappa shape index (κ2) is 5.71. The maximum Gasteiger partial charge on any atom is 0.204 e. The monoisotopic (exact) mass is 271 g/mol. The van der Waals surface area contributed by atoms with Gasteiger partial charge in [-0.15, -0.1) is 10.2 Å². The molecule has 5 heteroatoms. The van der Waals surface area contributed by atoms with Gasteiger partial charge < -0.3 is 5.32 Å². The van der Waals surface area contributed by atoms with Crippen molar-refractivity contribution in [2.45, 2.75) is 38.8 Å². The molecule has 1 aliphatic carbocycles. The molecule has 0 aliphatic heterocycles. The fourth-order valence-electron chi connectivity index (χ4n) is 2.23. The number of tetrazole rings is 1. The van der Waals surface area contributed by atoms with E-state index in [1.165, 1.54) is 12.8 Å². The molecule has 0 radical (unpaired) electrons. The highest BCUT2D eigenvalue weighted by molar-refractivity contribution is 5.52. The average Bonchev–Trinajstić information content (AvgIpc) is 3.15. The Morgan fingerprint density at radius 2 is 2.00 bits per heavy atom. The zero-order chi connectivity index (χ0) is 13.9. The van der Waals surface area contributed by atoms with Crippen LogP contribution in [0.2, 0.25) is 0 Å². The molecule has 20 heavy (non-hydrogen) atoms. The van der Waals surface area contributed by atoms with Crippen LogP contribution in [0, 0.1) is 5.92 Å². The van der Waals surface area contributed by atoms with Crippen molar-refractivity contribution in [2.24, 2.45) is 5.92 Å². The van der Waals surface area contributed by atoms with Gasteiger partial charge in [-0.05, 0) is 24.0 Å². The molecule has 0 amide bonds. The molecular formula is C15H21N5. The van der Waals surface area contributed by atoms with Gasteiger partial charge in [0.1, 0.15) is 0 Å². The van der Waals surface area contributed by atoms with E-state index < -0.39 is 0 Å². The number of hydrogen-bond donors (Lipinski definition) is 1. The minimum atomic E-state index is 0.251. The van der Waals surface area contributed by atoms with Gasteiger partial charge in [0.25, 0.3) is 0 Å². The molecule has 1 aromatic heterocycles. The number of hydrogen-bond acceptors (Lipinski definition) is 4. The zero-order valence-corrected chi connectivity index (χ0v) is 12.0. The summed E-state index contributed by atoms with van der Waals surface area (Å²) in [6.45, 7) is 5.31. The molecule has 3 rings (SSSR count). The van der Waals surface area contributed by atoms with E-state index in [-0.39, 0.29) is 6.04 Å². The highest BCUT2D eigenvalue weighted by Gasteiger charge is 2.25. The fraction of sp³-hybridized carbons (Fsp3) is 0.533. The Bertz CT molecular complexity index is 544. The summed E-state index contributed by atoms with van der Waals surface area (Å²) >= 11 is 0. The van der Waals surface area contributed by atoms with Gasteiger partial charge >= 0.3 is 0 Å². The summed E-state index contributed by atoms with van der Waals surface area (Å²) in [5, 5.41) is 16.5. The Balaban J connectivity index is 1.75. The molecule has 0 spiro atoms. The van der Waals surface area contributed by atoms with Gasteiger partial charge in [-0.2, -0.15) is 4.80 Å². The standard InChI is InChI=1S/C15H21N5/c1-11(2)14(10-16-13-8-9-13)20-18-15(17-19-20)12-6-4-3-5-7-12/h3-7,11,13-14,16H,8-10H2,1-2H3. The van der Waals surface area contributed by atoms with Gasteiger partial charge in [-0.25, -0.2) is 0 Å². The average molecular weight is 271 g/mol. The SMILES string of the molecule is CC(C)C(CNC1CC1)n1nnc(-c2ccccc2)n1. The number of rotatable bonds is 6. The van der Waals surface area contributed by atoms with Crippen molar-refractivity contribution in [2.75, 3.05) is 6.54 Å². The summed E-state index contributed by atoms with van der Waals surface area (Å²) < 4.78 is 0. The number of nitrogens with one attached hydrogen (secondary N) is 1. The van der Waals surface area contributed by atoms with Crippen molar-refractivity contribution in [3.63, 3.8) is 0 Å². The number of aromatic nitrogens is 4. The molecule has 1 aliphatic rings. The highest BCUT2D eigenvalue weighted by Crippen LogP contribution is 2.22. The van der Waals surface area contributed by atoms with Crippen molar-refractivity contribution >= 4 is 0 Å². The van der Waals surface area contributed by atoms with Crippen LogP contribution in [0.3, 0.4) is 0 Å². The number of benzene rings is 1. The van der Waals surface area contributed by atoms with Gasteiger partial charge in [0, 0.05) is 18.2 Å². The lowest BCUT2D eigenvalue weighted by molar-refractivity contribution is 0.295. The largest absolute Gasteiger partial charge is 0.312 e. The van der Waals surface area contributed by atoms with Crippen LogP contribution >= 0.6 is 0 Å². The molecule has 1 N–H and O–H groups in total. The van der Waals surface area contributed by atoms with Crippen LogP contribution in [0.4, 0.5) is 0 Å². The van der Waals surface area contributed by atoms with Crippen LogP contribution in [-0.4, -0.2) is 32.8 Å². The van der Waals surface area contributed by atoms with E-state index >= 15 is 0 Å². The summed E-state index contributed by atoms with van der Waals surface area (Å²) in [7, 11) is 0. The molecule has 0 saturated heterocycles. The molecule has 1 heterocycles. The molecule has 1 atom stereocenters. The van der Waals surface area contributed by atoms with Gasteiger partial charge in [-0.1, -0.05) is 44.2 Å². The van der Waals surface area contributed by atoms with Crippen LogP contribution < -0.4 is 5.32 Å². The summed E-state index contributed by atoms with van der Waals surface area (Å²) in [6, 6.07) is 10.9. The molecule has 106 valence electrons. The molecule has 1 aromatic carbocycles. The Labute approximate surface area is 119 Å². The minimum Gasteiger partial charge on any atom is -0.312 e. The van der Waals surface area contributed by atoms with E-state index in [0.29, 0.717) is 17.8 Å². The Hall–Kier alpha value is -1.75. The summed E-state index contributed by atoms with van der Waals surface area (Å²) in [6.07, 6.45) is 2.59. The van der Waals surface area contributed by atoms with Crippen molar-refractivity contribution in [1.29, 1.82) is 0 Å². The quantitative estimate of drug-likeness (QED) is 0.876. The van der Waals surface area contributed by atoms with Gasteiger partial charge in [0.2, 0.25) is 5.82 Å². The first-order valence-electron chi connectivity index (χ1n) is 7.32. The Morgan fingerprint density at radius 1 is 1.25 bits per heavy atom. The summed E-state index contributed by atoms with van der Waals surface area (Å²) in [5.74, 6) is 1.17. The van der Waals surface area contributed by atoms with Crippen LogP contribution in [0.25, 0.3) is 11.4 Å². The lowest BCUT2D eigenvalue weighted by Crippen LogP contribution is -2.31. The third-order valence-electron chi connectivity index (χ3n) is 3.72. The van der Waals surface area contributed by atoms with Crippen LogP contribution in [0.15, 0.2) is 30.3 Å². The van der Waals surface area contributed by atoms with E-state index in [1.54, 1.807) is 4.80 Å². The molecular weight excluding hydrogens is 250 g/mol. The van der Waals surface area contributed by atoms with E-state index in [9.17, 15) is 0 Å². The van der Waals surface area contributed by atoms with Crippen molar-refractivity contribution in [1.82, 2.24) is 25.5 Å². The molecule has 1 saturated carbocycles. The van der Waals surface area contributed by atoms with Gasteiger partial charge in [0.05, 0.1) is 6.04 Å². The van der Waals surface area contributed by atoms with Crippen molar-refractivity contribution in [3.8, 4) is 11.4 Å². The third-order valence-corrected chi connectivity index (χ3v) is 3.72. The minimum absolute atomic E-state index is 0.251. The normalized spacial score (nSPS) is 16.6. The smallest absolute Gasteiger partial charge is 0.204 e. The number of nitrogens with zero attached hydrogens (tertiary/aromatic N) is 4. The molecule has 5 nitrogen and oxygen atoms in total. The van der Waals surface area contributed by atoms with Crippen molar-refractivity contribution in [3.05, 3.63) is 30.3 Å². The zero-order valence-electron chi connectivity index (χ0n) is 12.0. The third kappa shape index (κ3) is 3.04. The van der Waals surface area contributed by atoms with Crippen LogP contribution in [0.5, 0.6) is 0 Å². The van der Waals surface area contributed by atoms with E-state index in [0.717, 1.165) is 12.1 Å². The molecule has 1 unspecified atom stereocenters. The summed E-state index contributed by atoms with van der Waals surface area (Å²) in [5.41, 5.74) is 1.01. The Morgan fingerprint density at radius 3 is 2.65 bits per heavy atom. The molecule has 0 bridgehead atoms. The maximum absolute atomic E-state index is 4.55. The summed E-state index contributed by atoms with van der Waals surface area (Å²) in [4.78, 5) is 1.77. The van der Waals surface area contributed by atoms with Gasteiger partial charge in [-0.3, -0.25) is 0 Å². The molecule has 2 aromatic rings. The van der Waals surface area contributed by atoms with Gasteiger partial charge in [0.15, 0.2) is 0 Å². The lowest BCUT2D eigenvalue weighted by atomic mass is 10.1. The maximum atomic E-state index is 4.55. The predicted molar refractivity (Wildman–Crippen MR) is 78.2 cm³/mol. The topological polar surface area (TPSA) is 55.6 Å². The lowest BCUT2D eigenvalue weighted by Gasteiger charge is -2.19. The first kappa shape index (κ1) is 13.2. The van der Waals surface area contributed by atoms with Crippen LogP contribution in [-0.2, 0) is 0 Å².